The molecule has 126 valence electrons. The second-order valence-electron chi connectivity index (χ2n) is 6.01. The third-order valence-corrected chi connectivity index (χ3v) is 4.42. The number of hydrogen-bond acceptors (Lipinski definition) is 2. The molecule has 2 rings (SSSR count). The zero-order chi connectivity index (χ0) is 16.5. The number of amides is 2. The molecule has 1 heterocycles. The molecule has 0 aliphatic carbocycles. The summed E-state index contributed by atoms with van der Waals surface area (Å²) in [7, 11) is 0. The van der Waals surface area contributed by atoms with Crippen LogP contribution in [0.25, 0.3) is 0 Å². The van der Waals surface area contributed by atoms with Crippen LogP contribution in [0.4, 0.5) is 0 Å². The molecule has 1 aromatic rings. The first kappa shape index (κ1) is 17.8. The number of nitrogens with zero attached hydrogens (tertiary/aromatic N) is 1. The second-order valence-corrected chi connectivity index (χ2v) is 6.45. The van der Waals surface area contributed by atoms with Gasteiger partial charge >= 0.3 is 0 Å². The molecular weight excluding hydrogens is 312 g/mol. The summed E-state index contributed by atoms with van der Waals surface area (Å²) >= 11 is 5.80. The van der Waals surface area contributed by atoms with Crippen molar-refractivity contribution in [3.63, 3.8) is 0 Å². The maximum atomic E-state index is 12.2. The summed E-state index contributed by atoms with van der Waals surface area (Å²) < 4.78 is 0. The number of likely N-dealkylation sites (tertiary alicyclic amines) is 1. The van der Waals surface area contributed by atoms with Crippen LogP contribution in [0.3, 0.4) is 0 Å². The van der Waals surface area contributed by atoms with Crippen molar-refractivity contribution in [2.45, 2.75) is 44.9 Å². The van der Waals surface area contributed by atoms with E-state index in [-0.39, 0.29) is 11.8 Å². The standard InChI is InChI=1S/C18H25ClN2O2/c19-16-10-8-15(9-11-16)18(23)20-12-6-7-17(22)21-13-4-2-1-3-5-14-21/h8-11H,1-7,12-14H2,(H,20,23). The average molecular weight is 337 g/mol. The van der Waals surface area contributed by atoms with Crippen LogP contribution >= 0.6 is 11.6 Å². The Kier molecular flexibility index (Phi) is 7.40. The third kappa shape index (κ3) is 6.22. The van der Waals surface area contributed by atoms with Crippen molar-refractivity contribution in [3.05, 3.63) is 34.9 Å². The van der Waals surface area contributed by atoms with Gasteiger partial charge in [0.2, 0.25) is 5.91 Å². The molecule has 1 saturated heterocycles. The second kappa shape index (κ2) is 9.56. The van der Waals surface area contributed by atoms with Crippen LogP contribution in [0.1, 0.15) is 55.3 Å². The van der Waals surface area contributed by atoms with E-state index >= 15 is 0 Å². The van der Waals surface area contributed by atoms with Gasteiger partial charge in [-0.2, -0.15) is 0 Å². The minimum absolute atomic E-state index is 0.125. The van der Waals surface area contributed by atoms with Crippen LogP contribution in [0.15, 0.2) is 24.3 Å². The summed E-state index contributed by atoms with van der Waals surface area (Å²) in [4.78, 5) is 26.1. The number of halogens is 1. The largest absolute Gasteiger partial charge is 0.352 e. The van der Waals surface area contributed by atoms with Gasteiger partial charge in [-0.15, -0.1) is 0 Å². The van der Waals surface area contributed by atoms with E-state index in [1.54, 1.807) is 24.3 Å². The van der Waals surface area contributed by atoms with Crippen molar-refractivity contribution in [2.24, 2.45) is 0 Å². The summed E-state index contributed by atoms with van der Waals surface area (Å²) in [6, 6.07) is 6.79. The number of hydrogen-bond donors (Lipinski definition) is 1. The van der Waals surface area contributed by atoms with Crippen molar-refractivity contribution in [1.82, 2.24) is 10.2 Å². The SMILES string of the molecule is O=C(NCCCC(=O)N1CCCCCCC1)c1ccc(Cl)cc1. The fraction of sp³-hybridized carbons (Fsp3) is 0.556. The zero-order valence-corrected chi connectivity index (χ0v) is 14.3. The lowest BCUT2D eigenvalue weighted by Gasteiger charge is -2.24. The molecule has 1 N–H and O–H groups in total. The van der Waals surface area contributed by atoms with E-state index in [4.69, 9.17) is 11.6 Å². The monoisotopic (exact) mass is 336 g/mol. The van der Waals surface area contributed by atoms with E-state index in [2.05, 4.69) is 5.32 Å². The van der Waals surface area contributed by atoms with Gasteiger partial charge in [-0.1, -0.05) is 30.9 Å². The summed E-state index contributed by atoms with van der Waals surface area (Å²) in [6.45, 7) is 2.28. The molecule has 1 fully saturated rings. The highest BCUT2D eigenvalue weighted by atomic mass is 35.5. The lowest BCUT2D eigenvalue weighted by Crippen LogP contribution is -2.34. The quantitative estimate of drug-likeness (QED) is 0.834. The Hall–Kier alpha value is -1.55. The molecule has 0 unspecified atom stereocenters. The average Bonchev–Trinajstić information content (AvgIpc) is 2.51. The molecule has 0 radical (unpaired) electrons. The summed E-state index contributed by atoms with van der Waals surface area (Å²) in [5.74, 6) is 0.0908. The maximum absolute atomic E-state index is 12.2. The highest BCUT2D eigenvalue weighted by Gasteiger charge is 2.14. The topological polar surface area (TPSA) is 49.4 Å². The Labute approximate surface area is 143 Å². The number of nitrogens with one attached hydrogen (secondary N) is 1. The molecule has 0 saturated carbocycles. The number of benzene rings is 1. The molecule has 23 heavy (non-hydrogen) atoms. The first-order valence-electron chi connectivity index (χ1n) is 8.48. The van der Waals surface area contributed by atoms with Crippen molar-refractivity contribution in [3.8, 4) is 0 Å². The molecule has 0 atom stereocenters. The van der Waals surface area contributed by atoms with Crippen LogP contribution in [-0.4, -0.2) is 36.3 Å². The van der Waals surface area contributed by atoms with Crippen LogP contribution in [0.2, 0.25) is 5.02 Å². The molecule has 0 aromatic heterocycles. The Balaban J connectivity index is 1.66. The first-order chi connectivity index (χ1) is 11.2. The van der Waals surface area contributed by atoms with Gasteiger partial charge < -0.3 is 10.2 Å². The molecule has 4 nitrogen and oxygen atoms in total. The predicted octanol–water partition coefficient (Wildman–Crippen LogP) is 3.64. The van der Waals surface area contributed by atoms with Crippen molar-refractivity contribution in [1.29, 1.82) is 0 Å². The van der Waals surface area contributed by atoms with E-state index in [1.807, 2.05) is 4.90 Å². The lowest BCUT2D eigenvalue weighted by atomic mass is 10.1. The number of carbonyl (C=O) groups excluding carboxylic acids is 2. The number of carbonyl (C=O) groups is 2. The van der Waals surface area contributed by atoms with Gasteiger partial charge in [0.25, 0.3) is 5.91 Å². The molecule has 1 aliphatic rings. The van der Waals surface area contributed by atoms with E-state index in [0.717, 1.165) is 25.9 Å². The van der Waals surface area contributed by atoms with Gasteiger partial charge in [0.15, 0.2) is 0 Å². The van der Waals surface area contributed by atoms with Crippen molar-refractivity contribution in [2.75, 3.05) is 19.6 Å². The van der Waals surface area contributed by atoms with Gasteiger partial charge in [-0.25, -0.2) is 0 Å². The molecular formula is C18H25ClN2O2. The fourth-order valence-electron chi connectivity index (χ4n) is 2.80. The van der Waals surface area contributed by atoms with Crippen LogP contribution in [0, 0.1) is 0 Å². The summed E-state index contributed by atoms with van der Waals surface area (Å²) in [5, 5.41) is 3.46. The smallest absolute Gasteiger partial charge is 0.251 e. The van der Waals surface area contributed by atoms with E-state index in [1.165, 1.54) is 19.3 Å². The van der Waals surface area contributed by atoms with Gasteiger partial charge in [0.05, 0.1) is 0 Å². The highest BCUT2D eigenvalue weighted by molar-refractivity contribution is 6.30. The van der Waals surface area contributed by atoms with Gasteiger partial charge in [-0.05, 0) is 43.5 Å². The van der Waals surface area contributed by atoms with Gasteiger partial charge in [-0.3, -0.25) is 9.59 Å². The normalized spacial score (nSPS) is 15.6. The predicted molar refractivity (Wildman–Crippen MR) is 92.7 cm³/mol. The Morgan fingerprint density at radius 3 is 2.26 bits per heavy atom. The van der Waals surface area contributed by atoms with E-state index in [0.29, 0.717) is 30.0 Å². The van der Waals surface area contributed by atoms with Gasteiger partial charge in [0, 0.05) is 36.6 Å². The van der Waals surface area contributed by atoms with Crippen molar-refractivity contribution >= 4 is 23.4 Å². The first-order valence-corrected chi connectivity index (χ1v) is 8.86. The summed E-state index contributed by atoms with van der Waals surface area (Å²) in [6.07, 6.45) is 7.13. The molecule has 2 amide bonds. The third-order valence-electron chi connectivity index (χ3n) is 4.17. The fourth-order valence-corrected chi connectivity index (χ4v) is 2.93. The van der Waals surface area contributed by atoms with E-state index < -0.39 is 0 Å². The molecule has 0 spiro atoms. The zero-order valence-electron chi connectivity index (χ0n) is 13.5. The van der Waals surface area contributed by atoms with E-state index in [9.17, 15) is 9.59 Å². The molecule has 5 heteroatoms. The molecule has 1 aliphatic heterocycles. The summed E-state index contributed by atoms with van der Waals surface area (Å²) in [5.41, 5.74) is 0.587. The minimum Gasteiger partial charge on any atom is -0.352 e. The van der Waals surface area contributed by atoms with Gasteiger partial charge in [0.1, 0.15) is 0 Å². The Morgan fingerprint density at radius 2 is 1.61 bits per heavy atom. The van der Waals surface area contributed by atoms with Crippen molar-refractivity contribution < 1.29 is 9.59 Å². The number of rotatable bonds is 5. The minimum atomic E-state index is -0.125. The Morgan fingerprint density at radius 1 is 1.00 bits per heavy atom. The molecule has 1 aromatic carbocycles. The lowest BCUT2D eigenvalue weighted by molar-refractivity contribution is -0.131. The molecule has 0 bridgehead atoms. The van der Waals surface area contributed by atoms with Crippen LogP contribution < -0.4 is 5.32 Å². The highest BCUT2D eigenvalue weighted by Crippen LogP contribution is 2.12. The van der Waals surface area contributed by atoms with Crippen LogP contribution in [0.5, 0.6) is 0 Å². The maximum Gasteiger partial charge on any atom is 0.251 e. The Bertz CT molecular complexity index is 508. The van der Waals surface area contributed by atoms with Crippen LogP contribution in [-0.2, 0) is 4.79 Å².